The van der Waals surface area contributed by atoms with E-state index >= 15 is 0 Å². The third kappa shape index (κ3) is 5.44. The standard InChI is InChI=1S/C20H23N3O4/c24-18(9-13-23-10-2-1-8-19(23)25)21-16-6-5-7-17(14-16)27-15-20(26)22-11-3-4-12-22/h1-2,5-8,10,14H,3-4,9,11-13,15H2,(H,21,24). The number of anilines is 1. The molecule has 27 heavy (non-hydrogen) atoms. The molecule has 1 aromatic carbocycles. The van der Waals surface area contributed by atoms with Crippen LogP contribution < -0.4 is 15.6 Å². The summed E-state index contributed by atoms with van der Waals surface area (Å²) in [4.78, 5) is 37.6. The van der Waals surface area contributed by atoms with Gasteiger partial charge in [-0.2, -0.15) is 0 Å². The highest BCUT2D eigenvalue weighted by molar-refractivity contribution is 5.90. The molecule has 7 nitrogen and oxygen atoms in total. The Morgan fingerprint density at radius 1 is 1.07 bits per heavy atom. The molecule has 0 bridgehead atoms. The lowest BCUT2D eigenvalue weighted by Crippen LogP contribution is -2.32. The molecule has 0 unspecified atom stereocenters. The molecule has 142 valence electrons. The third-order valence-electron chi connectivity index (χ3n) is 4.42. The first-order chi connectivity index (χ1) is 13.1. The van der Waals surface area contributed by atoms with Crippen LogP contribution in [-0.2, 0) is 16.1 Å². The molecule has 0 aliphatic carbocycles. The van der Waals surface area contributed by atoms with Gasteiger partial charge in [-0.3, -0.25) is 14.4 Å². The minimum Gasteiger partial charge on any atom is -0.484 e. The molecule has 1 aliphatic rings. The molecule has 0 atom stereocenters. The van der Waals surface area contributed by atoms with Crippen LogP contribution in [0, 0.1) is 0 Å². The Balaban J connectivity index is 1.49. The highest BCUT2D eigenvalue weighted by atomic mass is 16.5. The first-order valence-electron chi connectivity index (χ1n) is 9.08. The highest BCUT2D eigenvalue weighted by Crippen LogP contribution is 2.18. The number of hydrogen-bond acceptors (Lipinski definition) is 4. The van der Waals surface area contributed by atoms with Gasteiger partial charge >= 0.3 is 0 Å². The van der Waals surface area contributed by atoms with Crippen LogP contribution in [0.2, 0.25) is 0 Å². The molecule has 7 heteroatoms. The van der Waals surface area contributed by atoms with Crippen LogP contribution in [0.25, 0.3) is 0 Å². The second-order valence-corrected chi connectivity index (χ2v) is 6.43. The zero-order valence-electron chi connectivity index (χ0n) is 15.1. The number of nitrogens with zero attached hydrogens (tertiary/aromatic N) is 2. The number of nitrogens with one attached hydrogen (secondary N) is 1. The number of amides is 2. The van der Waals surface area contributed by atoms with Crippen molar-refractivity contribution >= 4 is 17.5 Å². The summed E-state index contributed by atoms with van der Waals surface area (Å²) in [7, 11) is 0. The summed E-state index contributed by atoms with van der Waals surface area (Å²) in [6.07, 6.45) is 3.93. The van der Waals surface area contributed by atoms with E-state index in [0.717, 1.165) is 25.9 Å². The van der Waals surface area contributed by atoms with Crippen molar-refractivity contribution in [2.45, 2.75) is 25.8 Å². The smallest absolute Gasteiger partial charge is 0.260 e. The van der Waals surface area contributed by atoms with Crippen LogP contribution >= 0.6 is 0 Å². The van der Waals surface area contributed by atoms with Gasteiger partial charge in [0.05, 0.1) is 0 Å². The zero-order chi connectivity index (χ0) is 19.1. The van der Waals surface area contributed by atoms with Gasteiger partial charge in [-0.05, 0) is 31.0 Å². The van der Waals surface area contributed by atoms with Crippen molar-refractivity contribution in [1.29, 1.82) is 0 Å². The lowest BCUT2D eigenvalue weighted by Gasteiger charge is -2.15. The minimum atomic E-state index is -0.198. The fourth-order valence-corrected chi connectivity index (χ4v) is 2.96. The summed E-state index contributed by atoms with van der Waals surface area (Å²) >= 11 is 0. The fraction of sp³-hybridized carbons (Fsp3) is 0.350. The molecule has 1 aromatic heterocycles. The van der Waals surface area contributed by atoms with Gasteiger partial charge in [-0.15, -0.1) is 0 Å². The van der Waals surface area contributed by atoms with Crippen molar-refractivity contribution in [3.63, 3.8) is 0 Å². The monoisotopic (exact) mass is 369 g/mol. The average Bonchev–Trinajstić information content (AvgIpc) is 3.21. The van der Waals surface area contributed by atoms with Gasteiger partial charge in [-0.1, -0.05) is 12.1 Å². The summed E-state index contributed by atoms with van der Waals surface area (Å²) in [5.74, 6) is 0.311. The lowest BCUT2D eigenvalue weighted by atomic mass is 10.3. The van der Waals surface area contributed by atoms with Crippen molar-refractivity contribution in [2.24, 2.45) is 0 Å². The van der Waals surface area contributed by atoms with E-state index in [-0.39, 0.29) is 30.4 Å². The van der Waals surface area contributed by atoms with Crippen molar-refractivity contribution < 1.29 is 14.3 Å². The maximum atomic E-state index is 12.1. The quantitative estimate of drug-likeness (QED) is 0.808. The van der Waals surface area contributed by atoms with Gasteiger partial charge in [-0.25, -0.2) is 0 Å². The number of pyridine rings is 1. The lowest BCUT2D eigenvalue weighted by molar-refractivity contribution is -0.132. The molecule has 0 saturated carbocycles. The summed E-state index contributed by atoms with van der Waals surface area (Å²) in [5.41, 5.74) is 0.454. The van der Waals surface area contributed by atoms with E-state index in [1.807, 2.05) is 0 Å². The van der Waals surface area contributed by atoms with E-state index in [4.69, 9.17) is 4.74 Å². The molecule has 2 amide bonds. The second kappa shape index (κ2) is 9.02. The number of ether oxygens (including phenoxy) is 1. The van der Waals surface area contributed by atoms with Crippen molar-refractivity contribution in [2.75, 3.05) is 25.0 Å². The zero-order valence-corrected chi connectivity index (χ0v) is 15.1. The molecule has 1 aliphatic heterocycles. The summed E-state index contributed by atoms with van der Waals surface area (Å²) in [6, 6.07) is 11.8. The molecule has 1 saturated heterocycles. The Hall–Kier alpha value is -3.09. The second-order valence-electron chi connectivity index (χ2n) is 6.43. The van der Waals surface area contributed by atoms with Crippen LogP contribution in [0.4, 0.5) is 5.69 Å². The maximum Gasteiger partial charge on any atom is 0.260 e. The van der Waals surface area contributed by atoms with Gasteiger partial charge in [0.2, 0.25) is 5.91 Å². The molecule has 2 aromatic rings. The van der Waals surface area contributed by atoms with Crippen LogP contribution in [0.3, 0.4) is 0 Å². The molecule has 0 spiro atoms. The van der Waals surface area contributed by atoms with Crippen LogP contribution in [0.15, 0.2) is 53.5 Å². The topological polar surface area (TPSA) is 80.6 Å². The number of carbonyl (C=O) groups is 2. The number of aromatic nitrogens is 1. The Labute approximate surface area is 157 Å². The first-order valence-corrected chi connectivity index (χ1v) is 9.08. The summed E-state index contributed by atoms with van der Waals surface area (Å²) < 4.78 is 7.05. The van der Waals surface area contributed by atoms with E-state index in [9.17, 15) is 14.4 Å². The molecule has 0 radical (unpaired) electrons. The summed E-state index contributed by atoms with van der Waals surface area (Å²) in [6.45, 7) is 1.89. The SMILES string of the molecule is O=C(CCn1ccccc1=O)Nc1cccc(OCC(=O)N2CCCC2)c1. The number of aryl methyl sites for hydroxylation is 1. The third-order valence-corrected chi connectivity index (χ3v) is 4.42. The van der Waals surface area contributed by atoms with Gasteiger partial charge < -0.3 is 19.5 Å². The number of rotatable bonds is 7. The van der Waals surface area contributed by atoms with Crippen molar-refractivity contribution in [3.8, 4) is 5.75 Å². The van der Waals surface area contributed by atoms with Crippen molar-refractivity contribution in [3.05, 3.63) is 59.0 Å². The largest absolute Gasteiger partial charge is 0.484 e. The highest BCUT2D eigenvalue weighted by Gasteiger charge is 2.18. The van der Waals surface area contributed by atoms with E-state index in [0.29, 0.717) is 18.0 Å². The molecule has 1 N–H and O–H groups in total. The molecular weight excluding hydrogens is 346 g/mol. The van der Waals surface area contributed by atoms with Gasteiger partial charge in [0.15, 0.2) is 6.61 Å². The minimum absolute atomic E-state index is 0.00563. The number of carbonyl (C=O) groups excluding carboxylic acids is 2. The Morgan fingerprint density at radius 2 is 1.89 bits per heavy atom. The first kappa shape index (κ1) is 18.7. The van der Waals surface area contributed by atoms with E-state index in [2.05, 4.69) is 5.32 Å². The number of hydrogen-bond donors (Lipinski definition) is 1. The maximum absolute atomic E-state index is 12.1. The number of benzene rings is 1. The fourth-order valence-electron chi connectivity index (χ4n) is 2.96. The normalized spacial score (nSPS) is 13.4. The van der Waals surface area contributed by atoms with Gasteiger partial charge in [0.1, 0.15) is 5.75 Å². The van der Waals surface area contributed by atoms with E-state index in [1.165, 1.54) is 10.6 Å². The van der Waals surface area contributed by atoms with E-state index in [1.54, 1.807) is 47.5 Å². The average molecular weight is 369 g/mol. The summed E-state index contributed by atoms with van der Waals surface area (Å²) in [5, 5.41) is 2.79. The van der Waals surface area contributed by atoms with Gasteiger partial charge in [0, 0.05) is 50.1 Å². The van der Waals surface area contributed by atoms with Crippen LogP contribution in [-0.4, -0.2) is 41.0 Å². The van der Waals surface area contributed by atoms with E-state index < -0.39 is 0 Å². The van der Waals surface area contributed by atoms with Gasteiger partial charge in [0.25, 0.3) is 11.5 Å². The van der Waals surface area contributed by atoms with Crippen LogP contribution in [0.5, 0.6) is 5.75 Å². The predicted molar refractivity (Wildman–Crippen MR) is 102 cm³/mol. The Bertz CT molecular complexity index is 856. The Kier molecular flexibility index (Phi) is 6.25. The molecular formula is C20H23N3O4. The number of likely N-dealkylation sites (tertiary alicyclic amines) is 1. The molecule has 2 heterocycles. The van der Waals surface area contributed by atoms with Crippen molar-refractivity contribution in [1.82, 2.24) is 9.47 Å². The molecule has 1 fully saturated rings. The molecule has 3 rings (SSSR count). The van der Waals surface area contributed by atoms with Crippen LogP contribution in [0.1, 0.15) is 19.3 Å². The Morgan fingerprint density at radius 3 is 2.67 bits per heavy atom. The predicted octanol–water partition coefficient (Wildman–Crippen LogP) is 1.88.